The average Bonchev–Trinajstić information content (AvgIpc) is 2.99. The highest BCUT2D eigenvalue weighted by atomic mass is 16.3. The Morgan fingerprint density at radius 3 is 2.48 bits per heavy atom. The second-order valence-electron chi connectivity index (χ2n) is 12.1. The first-order chi connectivity index (χ1) is 21.7. The predicted molar refractivity (Wildman–Crippen MR) is 160 cm³/mol. The van der Waals surface area contributed by atoms with Gasteiger partial charge in [-0.1, -0.05) is 18.2 Å². The summed E-state index contributed by atoms with van der Waals surface area (Å²) in [5.41, 5.74) is 3.63. The molecule has 6 rings (SSSR count). The molecule has 6 atom stereocenters. The number of aromatic amines is 1. The van der Waals surface area contributed by atoms with Gasteiger partial charge in [-0.3, -0.25) is 38.5 Å². The smallest absolute Gasteiger partial charge is 0.274 e. The van der Waals surface area contributed by atoms with Crippen LogP contribution >= 0.6 is 0 Å². The number of anilines is 1. The Kier molecular flexibility index (Phi) is 7.29. The lowest BCUT2D eigenvalue weighted by Crippen LogP contribution is -2.74. The number of nitrogens with one attached hydrogen (secondary N) is 2. The number of fused-ring (bicyclic) bond motifs is 3. The number of benzene rings is 2. The van der Waals surface area contributed by atoms with Gasteiger partial charge >= 0.3 is 0 Å². The van der Waals surface area contributed by atoms with E-state index in [1.165, 1.54) is 25.1 Å². The molecule has 0 radical (unpaired) electrons. The molecule has 0 bridgehead atoms. The first-order valence-electron chi connectivity index (χ1n) is 14.4. The van der Waals surface area contributed by atoms with Gasteiger partial charge in [0.05, 0.1) is 23.9 Å². The normalized spacial score (nSPS) is 27.1. The third-order valence-electron chi connectivity index (χ3n) is 9.29. The van der Waals surface area contributed by atoms with E-state index in [2.05, 4.69) is 15.3 Å². The fourth-order valence-electron chi connectivity index (χ4n) is 7.33. The number of rotatable bonds is 5. The number of Topliss-reactive ketones (excluding diaryl/α,β-unsaturated/α-hetero) is 4. The van der Waals surface area contributed by atoms with Crippen molar-refractivity contribution in [2.75, 3.05) is 19.4 Å². The highest BCUT2D eigenvalue weighted by molar-refractivity contribution is 6.32. The summed E-state index contributed by atoms with van der Waals surface area (Å²) in [6, 6.07) is 9.34. The van der Waals surface area contributed by atoms with Crippen LogP contribution in [0.25, 0.3) is 11.1 Å². The summed E-state index contributed by atoms with van der Waals surface area (Å²) < 4.78 is 0. The second kappa shape index (κ2) is 10.9. The van der Waals surface area contributed by atoms with Crippen molar-refractivity contribution in [3.63, 3.8) is 0 Å². The number of nitrogens with zero attached hydrogens (tertiary/aromatic N) is 2. The summed E-state index contributed by atoms with van der Waals surface area (Å²) >= 11 is 0. The molecule has 6 N–H and O–H groups in total. The zero-order valence-corrected chi connectivity index (χ0v) is 24.6. The number of hydrogen-bond acceptors (Lipinski definition) is 11. The summed E-state index contributed by atoms with van der Waals surface area (Å²) in [5.74, 6) is -12.0. The fraction of sp³-hybridized carbons (Fsp3) is 0.312. The van der Waals surface area contributed by atoms with Crippen molar-refractivity contribution >= 4 is 40.6 Å². The fourth-order valence-corrected chi connectivity index (χ4v) is 7.33. The van der Waals surface area contributed by atoms with E-state index in [4.69, 9.17) is 5.73 Å². The molecule has 2 saturated carbocycles. The van der Waals surface area contributed by atoms with Crippen LogP contribution in [0.5, 0.6) is 5.75 Å². The molecule has 0 saturated heterocycles. The third-order valence-corrected chi connectivity index (χ3v) is 9.29. The molecule has 0 aliphatic heterocycles. The maximum atomic E-state index is 14.0. The lowest BCUT2D eigenvalue weighted by molar-refractivity contribution is -0.181. The van der Waals surface area contributed by atoms with E-state index >= 15 is 0 Å². The standard InChI is InChI=1S/C32H29N5O9/c1-37(2)25-18-10-14-9-17-16(13-4-3-5-15(8-13)36-31(45)19-11-21(39)35-12-34-19)6-7-20(38)23(17)26(40)22(14)28(42)32(18,46)29(43)24(27(25)41)30(33)44/h3-8,11-12,14,18,22,24-25,38,46H,9-10H2,1-2H3,(H2,33,44)(H,36,45)(H,34,35,39)/t14-,18-,22?,24?,25-,32-/m0/s1. The summed E-state index contributed by atoms with van der Waals surface area (Å²) in [7, 11) is 3.03. The van der Waals surface area contributed by atoms with Crippen LogP contribution in [0.2, 0.25) is 0 Å². The van der Waals surface area contributed by atoms with Crippen molar-refractivity contribution in [1.82, 2.24) is 14.9 Å². The van der Waals surface area contributed by atoms with Gasteiger partial charge in [0.2, 0.25) is 5.91 Å². The van der Waals surface area contributed by atoms with Gasteiger partial charge in [0.1, 0.15) is 11.4 Å². The molecule has 3 aromatic rings. The number of hydrogen-bond donors (Lipinski definition) is 5. The number of phenols is 1. The molecule has 2 fully saturated rings. The summed E-state index contributed by atoms with van der Waals surface area (Å²) in [6.45, 7) is 0. The highest BCUT2D eigenvalue weighted by Crippen LogP contribution is 2.51. The Morgan fingerprint density at radius 2 is 1.80 bits per heavy atom. The van der Waals surface area contributed by atoms with E-state index in [-0.39, 0.29) is 24.1 Å². The van der Waals surface area contributed by atoms with Crippen molar-refractivity contribution in [3.8, 4) is 16.9 Å². The molecule has 3 aliphatic rings. The maximum absolute atomic E-state index is 14.0. The minimum atomic E-state index is -2.81. The molecule has 14 nitrogen and oxygen atoms in total. The third kappa shape index (κ3) is 4.56. The number of amides is 2. The van der Waals surface area contributed by atoms with Crippen LogP contribution in [0.15, 0.2) is 53.6 Å². The molecule has 2 unspecified atom stereocenters. The minimum Gasteiger partial charge on any atom is -0.507 e. The van der Waals surface area contributed by atoms with Crippen molar-refractivity contribution in [2.24, 2.45) is 29.4 Å². The molecule has 14 heteroatoms. The van der Waals surface area contributed by atoms with Gasteiger partial charge in [0.25, 0.3) is 11.5 Å². The van der Waals surface area contributed by atoms with Gasteiger partial charge in [-0.05, 0) is 67.7 Å². The second-order valence-corrected chi connectivity index (χ2v) is 12.1. The Labute approximate surface area is 260 Å². The molecule has 1 heterocycles. The van der Waals surface area contributed by atoms with Crippen molar-refractivity contribution in [3.05, 3.63) is 76.0 Å². The number of carbonyl (C=O) groups is 6. The van der Waals surface area contributed by atoms with E-state index in [1.54, 1.807) is 30.3 Å². The zero-order valence-electron chi connectivity index (χ0n) is 24.6. The lowest BCUT2D eigenvalue weighted by atomic mass is 9.52. The first-order valence-corrected chi connectivity index (χ1v) is 14.4. The Hall–Kier alpha value is -5.34. The number of carbonyl (C=O) groups excluding carboxylic acids is 6. The molecule has 3 aliphatic carbocycles. The number of aromatic hydroxyl groups is 1. The summed E-state index contributed by atoms with van der Waals surface area (Å²) in [5, 5.41) is 25.2. The first kappa shape index (κ1) is 30.7. The molecule has 2 amide bonds. The molecule has 46 heavy (non-hydrogen) atoms. The van der Waals surface area contributed by atoms with Gasteiger partial charge < -0.3 is 26.2 Å². The molecular formula is C32H29N5O9. The molecule has 0 spiro atoms. The van der Waals surface area contributed by atoms with Gasteiger partial charge in [-0.25, -0.2) is 4.98 Å². The average molecular weight is 628 g/mol. The highest BCUT2D eigenvalue weighted by Gasteiger charge is 2.69. The van der Waals surface area contributed by atoms with Crippen LogP contribution in [-0.4, -0.2) is 85.8 Å². The van der Waals surface area contributed by atoms with Gasteiger partial charge in [0.15, 0.2) is 34.7 Å². The molecule has 1 aromatic heterocycles. The van der Waals surface area contributed by atoms with E-state index < -0.39 is 81.6 Å². The summed E-state index contributed by atoms with van der Waals surface area (Å²) in [4.78, 5) is 98.9. The number of likely N-dealkylation sites (N-methyl/N-ethyl adjacent to an activating group) is 1. The minimum absolute atomic E-state index is 0.0723. The maximum Gasteiger partial charge on any atom is 0.274 e. The topological polar surface area (TPSA) is 230 Å². The SMILES string of the molecule is CN(C)[C@@H]1C(=O)C(C(N)=O)C(=O)[C@@]2(O)C(=O)C3C(=O)c4c(O)ccc(-c5cccc(NC(=O)c6cc(=O)[nH]cn6)c5)c4C[C@H]3C[C@@H]12. The molecule has 2 aromatic carbocycles. The van der Waals surface area contributed by atoms with Crippen molar-refractivity contribution < 1.29 is 39.0 Å². The monoisotopic (exact) mass is 627 g/mol. The quantitative estimate of drug-likeness (QED) is 0.234. The number of primary amides is 1. The molecule has 236 valence electrons. The Bertz CT molecular complexity index is 1930. The largest absolute Gasteiger partial charge is 0.507 e. The number of nitrogens with two attached hydrogens (primary N) is 1. The predicted octanol–water partition coefficient (Wildman–Crippen LogP) is -0.130. The summed E-state index contributed by atoms with van der Waals surface area (Å²) in [6.07, 6.45) is 1.09. The van der Waals surface area contributed by atoms with Gasteiger partial charge in [-0.2, -0.15) is 0 Å². The number of H-pyrrole nitrogens is 1. The van der Waals surface area contributed by atoms with Crippen LogP contribution in [-0.2, 0) is 25.6 Å². The van der Waals surface area contributed by atoms with Gasteiger partial charge in [0, 0.05) is 17.7 Å². The van der Waals surface area contributed by atoms with E-state index in [0.717, 1.165) is 12.4 Å². The van der Waals surface area contributed by atoms with Crippen molar-refractivity contribution in [1.29, 1.82) is 0 Å². The zero-order chi connectivity index (χ0) is 33.2. The molecular weight excluding hydrogens is 598 g/mol. The van der Waals surface area contributed by atoms with Gasteiger partial charge in [-0.15, -0.1) is 0 Å². The Morgan fingerprint density at radius 1 is 1.07 bits per heavy atom. The van der Waals surface area contributed by atoms with E-state index in [0.29, 0.717) is 22.4 Å². The van der Waals surface area contributed by atoms with Crippen LogP contribution in [0, 0.1) is 23.7 Å². The van der Waals surface area contributed by atoms with E-state index in [9.17, 15) is 43.8 Å². The van der Waals surface area contributed by atoms with Crippen LogP contribution in [0.4, 0.5) is 5.69 Å². The van der Waals surface area contributed by atoms with Crippen LogP contribution in [0.1, 0.15) is 32.8 Å². The number of phenolic OH excluding ortho intramolecular Hbond substituents is 1. The van der Waals surface area contributed by atoms with E-state index in [1.807, 2.05) is 0 Å². The van der Waals surface area contributed by atoms with Crippen molar-refractivity contribution in [2.45, 2.75) is 24.5 Å². The van der Waals surface area contributed by atoms with Crippen LogP contribution < -0.4 is 16.6 Å². The van der Waals surface area contributed by atoms with Crippen LogP contribution in [0.3, 0.4) is 0 Å². The number of aromatic nitrogens is 2. The lowest BCUT2D eigenvalue weighted by Gasteiger charge is -2.52. The Balaban J connectivity index is 1.40. The number of aliphatic hydroxyl groups is 1. The number of ketones is 4.